The quantitative estimate of drug-likeness (QED) is 0.473. The Kier molecular flexibility index (Phi) is 5.67. The van der Waals surface area contributed by atoms with Gasteiger partial charge in [-0.2, -0.15) is 0 Å². The number of nitrogens with zero attached hydrogens (tertiary/aromatic N) is 2. The lowest BCUT2D eigenvalue weighted by Crippen LogP contribution is -2.39. The first-order chi connectivity index (χ1) is 15.7. The summed E-state index contributed by atoms with van der Waals surface area (Å²) in [4.78, 5) is 30.3. The van der Waals surface area contributed by atoms with E-state index in [2.05, 4.69) is 20.8 Å². The van der Waals surface area contributed by atoms with Crippen LogP contribution in [0.15, 0.2) is 39.3 Å². The van der Waals surface area contributed by atoms with Crippen molar-refractivity contribution < 1.29 is 27.3 Å². The summed E-state index contributed by atoms with van der Waals surface area (Å²) < 4.78 is 38.1. The summed E-state index contributed by atoms with van der Waals surface area (Å²) in [6, 6.07) is 5.04. The summed E-state index contributed by atoms with van der Waals surface area (Å²) in [6.07, 6.45) is 0. The van der Waals surface area contributed by atoms with Gasteiger partial charge in [0.2, 0.25) is 5.91 Å². The molecule has 3 aromatic heterocycles. The molecule has 0 spiro atoms. The molecule has 4 aromatic rings. The first-order valence-electron chi connectivity index (χ1n) is 10.0. The molecule has 0 bridgehead atoms. The van der Waals surface area contributed by atoms with E-state index in [-0.39, 0.29) is 16.8 Å². The van der Waals surface area contributed by atoms with Crippen molar-refractivity contribution in [3.63, 3.8) is 0 Å². The number of hydrogen-bond acceptors (Lipinski definition) is 6. The molecule has 0 saturated carbocycles. The van der Waals surface area contributed by atoms with Crippen molar-refractivity contribution in [2.75, 3.05) is 7.05 Å². The van der Waals surface area contributed by atoms with E-state index < -0.39 is 29.5 Å². The van der Waals surface area contributed by atoms with Crippen LogP contribution in [0.25, 0.3) is 22.4 Å². The molecule has 0 aliphatic heterocycles. The highest BCUT2D eigenvalue weighted by atomic mass is 19.2. The molecule has 170 valence electrons. The molecule has 1 aromatic carbocycles. The molecule has 0 saturated heterocycles. The minimum atomic E-state index is -1.28. The summed E-state index contributed by atoms with van der Waals surface area (Å²) in [6.45, 7) is 5.21. The van der Waals surface area contributed by atoms with Crippen molar-refractivity contribution in [1.29, 1.82) is 0 Å². The number of fused-ring (bicyclic) bond motifs is 1. The van der Waals surface area contributed by atoms with Crippen molar-refractivity contribution in [2.45, 2.75) is 26.8 Å². The van der Waals surface area contributed by atoms with Gasteiger partial charge < -0.3 is 19.6 Å². The van der Waals surface area contributed by atoms with Crippen LogP contribution in [0.1, 0.15) is 39.2 Å². The lowest BCUT2D eigenvalue weighted by Gasteiger charge is -2.18. The second-order valence-corrected chi connectivity index (χ2v) is 7.52. The predicted molar refractivity (Wildman–Crippen MR) is 114 cm³/mol. The fourth-order valence-electron chi connectivity index (χ4n) is 3.64. The normalized spacial score (nSPS) is 12.1. The van der Waals surface area contributed by atoms with Crippen LogP contribution in [0.5, 0.6) is 0 Å². The molecular formula is C23H20F2N4O4. The molecule has 0 aliphatic rings. The second kappa shape index (κ2) is 8.45. The average molecular weight is 454 g/mol. The largest absolute Gasteiger partial charge is 0.466 e. The highest BCUT2D eigenvalue weighted by Gasteiger charge is 2.27. The Balaban J connectivity index is 1.80. The maximum atomic E-state index is 13.8. The number of pyridine rings is 1. The number of aromatic nitrogens is 2. The van der Waals surface area contributed by atoms with Gasteiger partial charge in [-0.05, 0) is 50.6 Å². The third-order valence-corrected chi connectivity index (χ3v) is 5.24. The minimum absolute atomic E-state index is 0.0791. The van der Waals surface area contributed by atoms with E-state index >= 15 is 0 Å². The average Bonchev–Trinajstić information content (AvgIpc) is 3.33. The van der Waals surface area contributed by atoms with Gasteiger partial charge in [-0.3, -0.25) is 9.59 Å². The van der Waals surface area contributed by atoms with E-state index in [0.717, 1.165) is 12.1 Å². The van der Waals surface area contributed by atoms with Crippen molar-refractivity contribution >= 4 is 22.9 Å². The zero-order valence-electron chi connectivity index (χ0n) is 18.2. The topological polar surface area (TPSA) is 110 Å². The smallest absolute Gasteiger partial charge is 0.259 e. The van der Waals surface area contributed by atoms with Gasteiger partial charge in [0.05, 0.1) is 22.3 Å². The number of halogens is 2. The van der Waals surface area contributed by atoms with Gasteiger partial charge in [-0.15, -0.1) is 0 Å². The van der Waals surface area contributed by atoms with Crippen LogP contribution in [0.2, 0.25) is 0 Å². The van der Waals surface area contributed by atoms with E-state index in [1.807, 2.05) is 0 Å². The third kappa shape index (κ3) is 4.07. The number of likely N-dealkylation sites (N-methyl/N-ethyl adjacent to an activating group) is 1. The maximum Gasteiger partial charge on any atom is 0.259 e. The molecule has 1 unspecified atom stereocenters. The molecule has 2 N–H and O–H groups in total. The van der Waals surface area contributed by atoms with Gasteiger partial charge >= 0.3 is 0 Å². The molecule has 0 aliphatic carbocycles. The molecule has 10 heteroatoms. The van der Waals surface area contributed by atoms with E-state index in [0.29, 0.717) is 33.9 Å². The van der Waals surface area contributed by atoms with Crippen LogP contribution < -0.4 is 10.6 Å². The zero-order chi connectivity index (χ0) is 23.9. The van der Waals surface area contributed by atoms with Gasteiger partial charge in [-0.1, -0.05) is 11.2 Å². The highest BCUT2D eigenvalue weighted by molar-refractivity contribution is 6.08. The van der Waals surface area contributed by atoms with Crippen molar-refractivity contribution in [1.82, 2.24) is 20.8 Å². The number of carbonyl (C=O) groups excluding carboxylic acids is 2. The molecule has 1 atom stereocenters. The van der Waals surface area contributed by atoms with E-state index in [1.165, 1.54) is 13.1 Å². The number of carbonyl (C=O) groups is 2. The Morgan fingerprint density at radius 1 is 1.06 bits per heavy atom. The number of benzene rings is 1. The summed E-state index contributed by atoms with van der Waals surface area (Å²) in [5.74, 6) is -2.18. The van der Waals surface area contributed by atoms with Crippen LogP contribution in [0, 0.1) is 32.4 Å². The molecule has 0 fully saturated rings. The van der Waals surface area contributed by atoms with Crippen LogP contribution in [0.4, 0.5) is 8.78 Å². The Labute approximate surface area is 187 Å². The molecular weight excluding hydrogens is 434 g/mol. The minimum Gasteiger partial charge on any atom is -0.466 e. The monoisotopic (exact) mass is 454 g/mol. The van der Waals surface area contributed by atoms with E-state index in [1.54, 1.807) is 32.9 Å². The first-order valence-corrected chi connectivity index (χ1v) is 10.0. The number of furan rings is 1. The van der Waals surface area contributed by atoms with Gasteiger partial charge in [0.25, 0.3) is 11.6 Å². The Morgan fingerprint density at radius 2 is 1.82 bits per heavy atom. The van der Waals surface area contributed by atoms with Gasteiger partial charge in [0.15, 0.2) is 11.6 Å². The van der Waals surface area contributed by atoms with E-state index in [4.69, 9.17) is 8.94 Å². The fourth-order valence-corrected chi connectivity index (χ4v) is 3.64. The molecule has 4 rings (SSSR count). The van der Waals surface area contributed by atoms with Crippen molar-refractivity contribution in [3.8, 4) is 11.3 Å². The lowest BCUT2D eigenvalue weighted by atomic mass is 10.0. The van der Waals surface area contributed by atoms with Gasteiger partial charge in [-0.25, -0.2) is 13.8 Å². The molecule has 8 nitrogen and oxygen atoms in total. The van der Waals surface area contributed by atoms with Gasteiger partial charge in [0, 0.05) is 12.6 Å². The molecule has 3 heterocycles. The van der Waals surface area contributed by atoms with Crippen molar-refractivity contribution in [2.24, 2.45) is 0 Å². The first kappa shape index (κ1) is 22.1. The standard InChI is InChI=1S/C23H20F2N4O4/c1-10-7-14(12(3)32-10)18-9-15(19-11(2)29-33-23(19)27-18)21(30)28-20(22(31)26-4)13-5-6-16(24)17(25)8-13/h5-9,20H,1-4H3,(H,26,31)(H,28,30). The number of amides is 2. The van der Waals surface area contributed by atoms with E-state index in [9.17, 15) is 18.4 Å². The summed E-state index contributed by atoms with van der Waals surface area (Å²) >= 11 is 0. The van der Waals surface area contributed by atoms with Gasteiger partial charge in [0.1, 0.15) is 17.6 Å². The Hall–Kier alpha value is -4.08. The third-order valence-electron chi connectivity index (χ3n) is 5.24. The zero-order valence-corrected chi connectivity index (χ0v) is 18.2. The second-order valence-electron chi connectivity index (χ2n) is 7.52. The number of rotatable bonds is 5. The summed E-state index contributed by atoms with van der Waals surface area (Å²) in [5, 5.41) is 9.28. The van der Waals surface area contributed by atoms with Crippen LogP contribution in [-0.2, 0) is 4.79 Å². The van der Waals surface area contributed by atoms with Crippen LogP contribution >= 0.6 is 0 Å². The molecule has 2 amide bonds. The summed E-state index contributed by atoms with van der Waals surface area (Å²) in [7, 11) is 1.37. The number of aryl methyl sites for hydroxylation is 3. The van der Waals surface area contributed by atoms with Crippen LogP contribution in [-0.4, -0.2) is 29.0 Å². The fraction of sp³-hybridized carbons (Fsp3) is 0.217. The predicted octanol–water partition coefficient (Wildman–Crippen LogP) is 3.90. The number of nitrogens with one attached hydrogen (secondary N) is 2. The summed E-state index contributed by atoms with van der Waals surface area (Å²) in [5.41, 5.74) is 1.89. The molecule has 0 radical (unpaired) electrons. The Morgan fingerprint density at radius 3 is 2.45 bits per heavy atom. The lowest BCUT2D eigenvalue weighted by molar-refractivity contribution is -0.122. The number of hydrogen-bond donors (Lipinski definition) is 2. The van der Waals surface area contributed by atoms with Crippen molar-refractivity contribution in [3.05, 3.63) is 70.3 Å². The Bertz CT molecular complexity index is 1390. The highest BCUT2D eigenvalue weighted by Crippen LogP contribution is 2.31. The van der Waals surface area contributed by atoms with Crippen LogP contribution in [0.3, 0.4) is 0 Å². The maximum absolute atomic E-state index is 13.8. The molecule has 33 heavy (non-hydrogen) atoms. The SMILES string of the molecule is CNC(=O)C(NC(=O)c1cc(-c2cc(C)oc2C)nc2onc(C)c12)c1ccc(F)c(F)c1.